The van der Waals surface area contributed by atoms with Gasteiger partial charge in [0, 0.05) is 27.0 Å². The van der Waals surface area contributed by atoms with Gasteiger partial charge in [0.15, 0.2) is 5.96 Å². The van der Waals surface area contributed by atoms with Gasteiger partial charge in [-0.15, -0.1) is 24.0 Å². The van der Waals surface area contributed by atoms with Crippen molar-refractivity contribution in [3.63, 3.8) is 0 Å². The second-order valence-corrected chi connectivity index (χ2v) is 7.93. The van der Waals surface area contributed by atoms with E-state index in [1.165, 1.54) is 5.56 Å². The number of nitrogens with two attached hydrogens (primary N) is 1. The first kappa shape index (κ1) is 20.4. The van der Waals surface area contributed by atoms with Crippen molar-refractivity contribution in [3.8, 4) is 0 Å². The molecule has 0 spiro atoms. The molecule has 0 aliphatic carbocycles. The minimum atomic E-state index is -0.896. The van der Waals surface area contributed by atoms with Gasteiger partial charge >= 0.3 is 0 Å². The van der Waals surface area contributed by atoms with E-state index < -0.39 is 10.8 Å². The molecule has 0 fully saturated rings. The third kappa shape index (κ3) is 7.80. The zero-order valence-corrected chi connectivity index (χ0v) is 16.3. The van der Waals surface area contributed by atoms with E-state index in [2.05, 4.69) is 29.4 Å². The smallest absolute Gasteiger partial charge is 0.193 e. The summed E-state index contributed by atoms with van der Waals surface area (Å²) in [7, 11) is -0.896. The molecule has 0 saturated carbocycles. The van der Waals surface area contributed by atoms with Crippen LogP contribution in [0.5, 0.6) is 0 Å². The fourth-order valence-electron chi connectivity index (χ4n) is 1.61. The van der Waals surface area contributed by atoms with Gasteiger partial charge in [-0.3, -0.25) is 9.20 Å². The molecule has 1 unspecified atom stereocenters. The molecule has 0 radical (unpaired) electrons. The molecule has 3 N–H and O–H groups in total. The first-order valence-corrected chi connectivity index (χ1v) is 8.19. The molecule has 1 aromatic carbocycles. The fourth-order valence-corrected chi connectivity index (χ4v) is 2.48. The van der Waals surface area contributed by atoms with Crippen molar-refractivity contribution in [3.05, 3.63) is 29.8 Å². The zero-order valence-electron chi connectivity index (χ0n) is 13.2. The lowest BCUT2D eigenvalue weighted by molar-refractivity contribution is 0.648. The summed E-state index contributed by atoms with van der Waals surface area (Å²) in [6.07, 6.45) is 0.983. The molecule has 4 nitrogen and oxygen atoms in total. The van der Waals surface area contributed by atoms with Crippen LogP contribution in [0, 0.1) is 0 Å². The van der Waals surface area contributed by atoms with Crippen molar-refractivity contribution >= 4 is 46.4 Å². The molecule has 1 aromatic rings. The van der Waals surface area contributed by atoms with E-state index in [4.69, 9.17) is 5.73 Å². The Morgan fingerprint density at radius 2 is 2.05 bits per heavy atom. The third-order valence-electron chi connectivity index (χ3n) is 2.85. The molecule has 120 valence electrons. The molecule has 21 heavy (non-hydrogen) atoms. The summed E-state index contributed by atoms with van der Waals surface area (Å²) in [6.45, 7) is 8.47. The lowest BCUT2D eigenvalue weighted by atomic mass is 10.1. The van der Waals surface area contributed by atoms with Crippen LogP contribution in [0.3, 0.4) is 0 Å². The first-order chi connectivity index (χ1) is 9.32. The number of nitrogens with one attached hydrogen (secondary N) is 1. The van der Waals surface area contributed by atoms with Crippen LogP contribution in [-0.2, 0) is 17.2 Å². The zero-order chi connectivity index (χ0) is 15.2. The minimum absolute atomic E-state index is 0. The Kier molecular flexibility index (Phi) is 9.12. The van der Waals surface area contributed by atoms with Crippen LogP contribution in [-0.4, -0.2) is 27.2 Å². The summed E-state index contributed by atoms with van der Waals surface area (Å²) in [5.74, 6) is 0.894. The summed E-state index contributed by atoms with van der Waals surface area (Å²) in [5.41, 5.74) is 8.01. The molecule has 0 aliphatic rings. The Bertz CT molecular complexity index is 498. The maximum atomic E-state index is 11.9. The number of aliphatic imine (C=N–C) groups is 1. The van der Waals surface area contributed by atoms with E-state index in [9.17, 15) is 4.21 Å². The molecule has 0 bridgehead atoms. The van der Waals surface area contributed by atoms with Crippen LogP contribution >= 0.6 is 24.0 Å². The average molecular weight is 423 g/mol. The highest BCUT2D eigenvalue weighted by Gasteiger charge is 2.18. The van der Waals surface area contributed by atoms with E-state index in [0.717, 1.165) is 12.1 Å². The predicted octanol–water partition coefficient (Wildman–Crippen LogP) is 3.14. The number of halogens is 1. The van der Waals surface area contributed by atoms with E-state index in [-0.39, 0.29) is 28.7 Å². The molecule has 0 aromatic heterocycles. The van der Waals surface area contributed by atoms with Gasteiger partial charge < -0.3 is 11.1 Å². The summed E-state index contributed by atoms with van der Waals surface area (Å²) in [6, 6.07) is 8.07. The number of anilines is 1. The number of hydrogen-bond donors (Lipinski definition) is 2. The maximum Gasteiger partial charge on any atom is 0.193 e. The van der Waals surface area contributed by atoms with Gasteiger partial charge in [0.1, 0.15) is 0 Å². The van der Waals surface area contributed by atoms with E-state index in [1.807, 2.05) is 32.9 Å². The van der Waals surface area contributed by atoms with Crippen molar-refractivity contribution < 1.29 is 4.21 Å². The second-order valence-electron chi connectivity index (χ2n) is 5.61. The molecule has 0 aliphatic heterocycles. The first-order valence-electron chi connectivity index (χ1n) is 6.87. The van der Waals surface area contributed by atoms with Crippen molar-refractivity contribution in [2.75, 3.05) is 17.6 Å². The van der Waals surface area contributed by atoms with Crippen molar-refractivity contribution in [2.45, 2.75) is 38.9 Å². The molecule has 0 saturated heterocycles. The number of aryl methyl sites for hydroxylation is 1. The largest absolute Gasteiger partial charge is 0.370 e. The summed E-state index contributed by atoms with van der Waals surface area (Å²) in [4.78, 5) is 4.22. The molecule has 0 heterocycles. The number of rotatable bonds is 5. The lowest BCUT2D eigenvalue weighted by Gasteiger charge is -2.16. The van der Waals surface area contributed by atoms with Crippen LogP contribution in [0.1, 0.15) is 33.3 Å². The van der Waals surface area contributed by atoms with Gasteiger partial charge in [0.2, 0.25) is 0 Å². The van der Waals surface area contributed by atoms with Crippen molar-refractivity contribution in [1.82, 2.24) is 0 Å². The number of benzene rings is 1. The van der Waals surface area contributed by atoms with Crippen LogP contribution in [0.4, 0.5) is 5.69 Å². The van der Waals surface area contributed by atoms with Gasteiger partial charge in [0.05, 0.1) is 6.54 Å². The van der Waals surface area contributed by atoms with Gasteiger partial charge in [0.25, 0.3) is 0 Å². The SMILES string of the molecule is CCc1cccc(NC(N)=NCCS(=O)C(C)(C)C)c1.I. The van der Waals surface area contributed by atoms with Crippen LogP contribution in [0.2, 0.25) is 0 Å². The Hall–Kier alpha value is -0.630. The minimum Gasteiger partial charge on any atom is -0.370 e. The quantitative estimate of drug-likeness (QED) is 0.435. The summed E-state index contributed by atoms with van der Waals surface area (Å²) >= 11 is 0. The normalized spacial score (nSPS) is 13.4. The van der Waals surface area contributed by atoms with Gasteiger partial charge in [-0.2, -0.15) is 0 Å². The second kappa shape index (κ2) is 9.40. The van der Waals surface area contributed by atoms with Gasteiger partial charge in [-0.1, -0.05) is 19.1 Å². The highest BCUT2D eigenvalue weighted by atomic mass is 127. The van der Waals surface area contributed by atoms with Crippen molar-refractivity contribution in [1.29, 1.82) is 0 Å². The molecule has 1 rings (SSSR count). The Morgan fingerprint density at radius 1 is 1.38 bits per heavy atom. The lowest BCUT2D eigenvalue weighted by Crippen LogP contribution is -2.27. The summed E-state index contributed by atoms with van der Waals surface area (Å²) in [5, 5.41) is 3.06. The maximum absolute atomic E-state index is 11.9. The Balaban J connectivity index is 0.00000400. The van der Waals surface area contributed by atoms with E-state index >= 15 is 0 Å². The van der Waals surface area contributed by atoms with E-state index in [1.54, 1.807) is 0 Å². The number of hydrogen-bond acceptors (Lipinski definition) is 2. The highest BCUT2D eigenvalue weighted by molar-refractivity contribution is 14.0. The number of nitrogens with zero attached hydrogens (tertiary/aromatic N) is 1. The monoisotopic (exact) mass is 423 g/mol. The molecule has 1 atom stereocenters. The predicted molar refractivity (Wildman–Crippen MR) is 104 cm³/mol. The standard InChI is InChI=1S/C15H25N3OS.HI/c1-5-12-7-6-8-13(11-12)18-14(16)17-9-10-20(19)15(2,3)4;/h6-8,11H,5,9-10H2,1-4H3,(H3,16,17,18);1H. The topological polar surface area (TPSA) is 67.5 Å². The highest BCUT2D eigenvalue weighted by Crippen LogP contribution is 2.12. The van der Waals surface area contributed by atoms with Crippen LogP contribution < -0.4 is 11.1 Å². The van der Waals surface area contributed by atoms with Crippen molar-refractivity contribution in [2.24, 2.45) is 10.7 Å². The number of guanidine groups is 1. The van der Waals surface area contributed by atoms with Gasteiger partial charge in [-0.05, 0) is 44.9 Å². The van der Waals surface area contributed by atoms with Crippen LogP contribution in [0.25, 0.3) is 0 Å². The summed E-state index contributed by atoms with van der Waals surface area (Å²) < 4.78 is 11.7. The fraction of sp³-hybridized carbons (Fsp3) is 0.533. The molecular formula is C15H26IN3OS. The molecule has 6 heteroatoms. The molecular weight excluding hydrogens is 397 g/mol. The van der Waals surface area contributed by atoms with Crippen LogP contribution in [0.15, 0.2) is 29.3 Å². The Morgan fingerprint density at radius 3 is 2.62 bits per heavy atom. The third-order valence-corrected chi connectivity index (χ3v) is 4.77. The molecule has 0 amide bonds. The Labute approximate surface area is 147 Å². The average Bonchev–Trinajstić information content (AvgIpc) is 2.37. The van der Waals surface area contributed by atoms with E-state index in [0.29, 0.717) is 18.3 Å². The van der Waals surface area contributed by atoms with Gasteiger partial charge in [-0.25, -0.2) is 0 Å².